The molecule has 0 saturated carbocycles. The van der Waals surface area contributed by atoms with Crippen molar-refractivity contribution in [1.82, 2.24) is 20.5 Å². The predicted molar refractivity (Wildman–Crippen MR) is 96.8 cm³/mol. The molecule has 7 nitrogen and oxygen atoms in total. The van der Waals surface area contributed by atoms with E-state index in [1.807, 2.05) is 49.3 Å². The van der Waals surface area contributed by atoms with Gasteiger partial charge in [0.1, 0.15) is 0 Å². The van der Waals surface area contributed by atoms with Crippen LogP contribution in [0, 0.1) is 0 Å². The Morgan fingerprint density at radius 2 is 2.08 bits per heavy atom. The van der Waals surface area contributed by atoms with Crippen LogP contribution in [-0.2, 0) is 0 Å². The van der Waals surface area contributed by atoms with E-state index < -0.39 is 0 Å². The lowest BCUT2D eigenvalue weighted by atomic mass is 10.3. The maximum atomic E-state index is 12.1. The maximum absolute atomic E-state index is 12.1. The molecule has 0 bridgehead atoms. The summed E-state index contributed by atoms with van der Waals surface area (Å²) in [6, 6.07) is 9.62. The van der Waals surface area contributed by atoms with Crippen LogP contribution in [0.3, 0.4) is 0 Å². The lowest BCUT2D eigenvalue weighted by molar-refractivity contribution is 0.0955. The Labute approximate surface area is 143 Å². The molecule has 2 aromatic heterocycles. The largest absolute Gasteiger partial charge is 0.376 e. The van der Waals surface area contributed by atoms with Crippen LogP contribution in [0.2, 0.25) is 0 Å². The van der Waals surface area contributed by atoms with Crippen molar-refractivity contribution in [1.29, 1.82) is 0 Å². The van der Waals surface area contributed by atoms with Crippen LogP contribution >= 0.6 is 11.3 Å². The number of para-hydroxylation sites is 1. The number of benzene rings is 1. The van der Waals surface area contributed by atoms with Crippen molar-refractivity contribution >= 4 is 39.0 Å². The fourth-order valence-electron chi connectivity index (χ4n) is 2.10. The van der Waals surface area contributed by atoms with Crippen LogP contribution in [-0.4, -0.2) is 48.3 Å². The molecular formula is C16H18N6OS. The number of thiazole rings is 1. The molecule has 1 amide bonds. The number of fused-ring (bicyclic) bond motifs is 1. The number of hydrogen-bond acceptors (Lipinski definition) is 7. The molecule has 3 rings (SSSR count). The molecule has 2 heterocycles. The number of carbonyl (C=O) groups excluding carboxylic acids is 1. The smallest absolute Gasteiger partial charge is 0.280 e. The molecule has 0 radical (unpaired) electrons. The van der Waals surface area contributed by atoms with E-state index in [1.165, 1.54) is 11.3 Å². The molecular weight excluding hydrogens is 324 g/mol. The van der Waals surface area contributed by atoms with Crippen molar-refractivity contribution < 1.29 is 4.79 Å². The molecule has 0 unspecified atom stereocenters. The first-order valence-electron chi connectivity index (χ1n) is 7.51. The molecule has 3 aromatic rings. The summed E-state index contributed by atoms with van der Waals surface area (Å²) >= 11 is 1.39. The van der Waals surface area contributed by atoms with E-state index in [1.54, 1.807) is 6.20 Å². The van der Waals surface area contributed by atoms with E-state index in [0.717, 1.165) is 15.9 Å². The highest BCUT2D eigenvalue weighted by Gasteiger charge is 2.11. The van der Waals surface area contributed by atoms with Gasteiger partial charge in [-0.15, -0.1) is 16.4 Å². The summed E-state index contributed by atoms with van der Waals surface area (Å²) in [6.07, 6.45) is 1.69. The van der Waals surface area contributed by atoms with Gasteiger partial charge in [-0.05, 0) is 12.1 Å². The molecule has 0 aliphatic carbocycles. The van der Waals surface area contributed by atoms with Gasteiger partial charge in [0.15, 0.2) is 10.8 Å². The predicted octanol–water partition coefficient (Wildman–Crippen LogP) is 1.99. The minimum Gasteiger partial charge on any atom is -0.376 e. The number of rotatable bonds is 6. The number of aromatic nitrogens is 3. The maximum Gasteiger partial charge on any atom is 0.280 e. The number of carbonyl (C=O) groups is 1. The van der Waals surface area contributed by atoms with Gasteiger partial charge in [-0.2, -0.15) is 5.10 Å². The Kier molecular flexibility index (Phi) is 4.85. The van der Waals surface area contributed by atoms with E-state index >= 15 is 0 Å². The molecule has 2 N–H and O–H groups in total. The molecule has 0 saturated heterocycles. The Bertz CT molecular complexity index is 814. The van der Waals surface area contributed by atoms with Gasteiger partial charge in [-0.3, -0.25) is 4.79 Å². The lowest BCUT2D eigenvalue weighted by Crippen LogP contribution is -2.28. The average Bonchev–Trinajstić information content (AvgIpc) is 3.03. The highest BCUT2D eigenvalue weighted by atomic mass is 32.1. The number of amides is 1. The third-order valence-corrected chi connectivity index (χ3v) is 4.40. The van der Waals surface area contributed by atoms with Gasteiger partial charge in [0, 0.05) is 33.3 Å². The van der Waals surface area contributed by atoms with Crippen molar-refractivity contribution in [2.75, 3.05) is 37.4 Å². The molecule has 24 heavy (non-hydrogen) atoms. The molecule has 124 valence electrons. The van der Waals surface area contributed by atoms with Crippen LogP contribution in [0.15, 0.2) is 36.5 Å². The molecule has 0 aliphatic rings. The number of hydrogen-bond donors (Lipinski definition) is 2. The summed E-state index contributed by atoms with van der Waals surface area (Å²) in [5.41, 5.74) is 1.81. The fourth-order valence-corrected chi connectivity index (χ4v) is 2.98. The minimum atomic E-state index is -0.161. The Balaban J connectivity index is 1.51. The van der Waals surface area contributed by atoms with Crippen LogP contribution in [0.4, 0.5) is 11.5 Å². The van der Waals surface area contributed by atoms with Crippen molar-refractivity contribution in [3.05, 3.63) is 41.5 Å². The summed E-state index contributed by atoms with van der Waals surface area (Å²) < 4.78 is 1.01. The third kappa shape index (κ3) is 3.77. The first kappa shape index (κ1) is 16.1. The minimum absolute atomic E-state index is 0.161. The molecule has 0 aliphatic heterocycles. The highest BCUT2D eigenvalue weighted by Crippen LogP contribution is 2.21. The van der Waals surface area contributed by atoms with Gasteiger partial charge < -0.3 is 15.5 Å². The van der Waals surface area contributed by atoms with Gasteiger partial charge in [0.2, 0.25) is 0 Å². The van der Waals surface area contributed by atoms with Gasteiger partial charge in [0.25, 0.3) is 5.91 Å². The van der Waals surface area contributed by atoms with Gasteiger partial charge >= 0.3 is 0 Å². The van der Waals surface area contributed by atoms with Crippen molar-refractivity contribution in [2.45, 2.75) is 0 Å². The van der Waals surface area contributed by atoms with Crippen LogP contribution in [0.5, 0.6) is 0 Å². The Morgan fingerprint density at radius 1 is 1.25 bits per heavy atom. The second-order valence-electron chi connectivity index (χ2n) is 5.36. The number of nitrogens with one attached hydrogen (secondary N) is 2. The Hall–Kier alpha value is -2.74. The normalized spacial score (nSPS) is 10.6. The lowest BCUT2D eigenvalue weighted by Gasteiger charge is -2.12. The SMILES string of the molecule is CN(C)c1cnnc(NCCNC(=O)c2nc3ccccc3s2)c1. The third-order valence-electron chi connectivity index (χ3n) is 3.36. The quantitative estimate of drug-likeness (QED) is 0.667. The van der Waals surface area contributed by atoms with Gasteiger partial charge in [0.05, 0.1) is 22.1 Å². The van der Waals surface area contributed by atoms with E-state index in [-0.39, 0.29) is 5.91 Å². The zero-order chi connectivity index (χ0) is 16.9. The second kappa shape index (κ2) is 7.22. The van der Waals surface area contributed by atoms with Crippen molar-refractivity contribution in [3.63, 3.8) is 0 Å². The molecule has 0 atom stereocenters. The fraction of sp³-hybridized carbons (Fsp3) is 0.250. The number of anilines is 2. The standard InChI is InChI=1S/C16H18N6OS/c1-22(2)11-9-14(21-19-10-11)17-7-8-18-15(23)16-20-12-5-3-4-6-13(12)24-16/h3-6,9-10H,7-8H2,1-2H3,(H,17,21)(H,18,23). The molecule has 0 fully saturated rings. The first-order chi connectivity index (χ1) is 11.6. The van der Waals surface area contributed by atoms with Gasteiger partial charge in [-0.1, -0.05) is 12.1 Å². The summed E-state index contributed by atoms with van der Waals surface area (Å²) in [5, 5.41) is 14.4. The number of nitrogens with zero attached hydrogens (tertiary/aromatic N) is 4. The molecule has 1 aromatic carbocycles. The highest BCUT2D eigenvalue weighted by molar-refractivity contribution is 7.20. The van der Waals surface area contributed by atoms with Gasteiger partial charge in [-0.25, -0.2) is 4.98 Å². The summed E-state index contributed by atoms with van der Waals surface area (Å²) in [4.78, 5) is 18.4. The second-order valence-corrected chi connectivity index (χ2v) is 6.39. The molecule has 8 heteroatoms. The molecule has 0 spiro atoms. The summed E-state index contributed by atoms with van der Waals surface area (Å²) in [7, 11) is 3.89. The summed E-state index contributed by atoms with van der Waals surface area (Å²) in [6.45, 7) is 1.03. The summed E-state index contributed by atoms with van der Waals surface area (Å²) in [5.74, 6) is 0.515. The van der Waals surface area contributed by atoms with E-state index in [9.17, 15) is 4.79 Å². The zero-order valence-electron chi connectivity index (χ0n) is 13.5. The zero-order valence-corrected chi connectivity index (χ0v) is 14.3. The van der Waals surface area contributed by atoms with Crippen LogP contribution in [0.1, 0.15) is 9.80 Å². The first-order valence-corrected chi connectivity index (χ1v) is 8.33. The van der Waals surface area contributed by atoms with E-state index in [0.29, 0.717) is 23.9 Å². The van der Waals surface area contributed by atoms with Crippen LogP contribution in [0.25, 0.3) is 10.2 Å². The van der Waals surface area contributed by atoms with Crippen molar-refractivity contribution in [2.24, 2.45) is 0 Å². The van der Waals surface area contributed by atoms with Crippen molar-refractivity contribution in [3.8, 4) is 0 Å². The van der Waals surface area contributed by atoms with Crippen LogP contribution < -0.4 is 15.5 Å². The topological polar surface area (TPSA) is 83.0 Å². The van der Waals surface area contributed by atoms with E-state index in [4.69, 9.17) is 0 Å². The Morgan fingerprint density at radius 3 is 2.88 bits per heavy atom. The van der Waals surface area contributed by atoms with E-state index in [2.05, 4.69) is 25.8 Å². The average molecular weight is 342 g/mol. The monoisotopic (exact) mass is 342 g/mol.